The molecule has 0 N–H and O–H groups in total. The molecule has 12 heteroatoms. The normalized spacial score (nSPS) is 13.2. The average Bonchev–Trinajstić information content (AvgIpc) is 0.948. The van der Waals surface area contributed by atoms with Crippen molar-refractivity contribution in [3.05, 3.63) is 345 Å². The third-order valence-electron chi connectivity index (χ3n) is 21.8. The van der Waals surface area contributed by atoms with Crippen LogP contribution in [0.4, 0.5) is 0 Å². The minimum atomic E-state index is -0.411. The van der Waals surface area contributed by atoms with Crippen LogP contribution in [-0.4, -0.2) is 58.2 Å². The molecular weight excluding hydrogens is 1410 g/mol. The van der Waals surface area contributed by atoms with Crippen LogP contribution in [0.25, 0.3) is 187 Å². The monoisotopic (exact) mass is 1480 g/mol. The van der Waals surface area contributed by atoms with Crippen molar-refractivity contribution in [2.45, 2.75) is 38.9 Å². The Balaban J connectivity index is 0.000000118. The molecule has 0 amide bonds. The van der Waals surface area contributed by atoms with Gasteiger partial charge in [0.05, 0.1) is 44.7 Å². The summed E-state index contributed by atoms with van der Waals surface area (Å²) in [6.07, 6.45) is 11.4. The van der Waals surface area contributed by atoms with Gasteiger partial charge in [-0.2, -0.15) is 0 Å². The Bertz CT molecular complexity index is 6880. The summed E-state index contributed by atoms with van der Waals surface area (Å²) < 4.78 is 13.9. The first-order valence-corrected chi connectivity index (χ1v) is 37.8. The average molecular weight is 1480 g/mol. The second kappa shape index (κ2) is 27.9. The van der Waals surface area contributed by atoms with Gasteiger partial charge in [0.1, 0.15) is 0 Å². The van der Waals surface area contributed by atoms with Gasteiger partial charge in [0.2, 0.25) is 0 Å². The first-order valence-electron chi connectivity index (χ1n) is 37.0. The van der Waals surface area contributed by atoms with E-state index in [0.717, 1.165) is 132 Å². The fraction of sp³-hybridized carbons (Fsp3) is 0.0612. The molecule has 0 radical (unpaired) electrons. The number of aromatic nitrogens is 8. The molecule has 522 valence electrons. The number of hydrogen-bond donors (Lipinski definition) is 0. The first kappa shape index (κ1) is 67.5. The number of rotatable bonds is 8. The zero-order valence-electron chi connectivity index (χ0n) is 60.7. The Morgan fingerprint density at radius 2 is 0.582 bits per heavy atom. The molecule has 1 aliphatic rings. The van der Waals surface area contributed by atoms with Crippen LogP contribution in [0.3, 0.4) is 0 Å². The van der Waals surface area contributed by atoms with Gasteiger partial charge in [-0.15, -0.1) is 0 Å². The van der Waals surface area contributed by atoms with Crippen LogP contribution in [0.2, 0.25) is 0 Å². The highest BCUT2D eigenvalue weighted by atomic mass is 79.9. The van der Waals surface area contributed by atoms with Crippen molar-refractivity contribution >= 4 is 137 Å². The maximum atomic E-state index is 6.36. The van der Waals surface area contributed by atoms with E-state index in [4.69, 9.17) is 34.2 Å². The number of nitrogens with zero attached hydrogens (tertiary/aromatic N) is 8. The minimum absolute atomic E-state index is 0.384. The van der Waals surface area contributed by atoms with Gasteiger partial charge >= 0.3 is 7.12 Å². The van der Waals surface area contributed by atoms with Crippen molar-refractivity contribution in [1.29, 1.82) is 0 Å². The number of pyridine rings is 4. The second-order valence-corrected chi connectivity index (χ2v) is 29.6. The molecule has 14 aromatic carbocycles. The third kappa shape index (κ3) is 12.0. The van der Waals surface area contributed by atoms with E-state index in [1.807, 2.05) is 110 Å². The Hall–Kier alpha value is -13.1. The summed E-state index contributed by atoms with van der Waals surface area (Å²) >= 11 is 3.80. The smallest absolute Gasteiger partial charge is 0.399 e. The van der Waals surface area contributed by atoms with E-state index in [0.29, 0.717) is 0 Å². The number of halogens is 1. The molecule has 1 aliphatic heterocycles. The van der Waals surface area contributed by atoms with E-state index >= 15 is 0 Å². The molecule has 0 unspecified atom stereocenters. The molecule has 0 saturated carbocycles. The first-order chi connectivity index (χ1) is 54.0. The molecular formula is C98H68BBrN8O2. The molecule has 20 aromatic rings. The summed E-state index contributed by atoms with van der Waals surface area (Å²) in [4.78, 5) is 38.5. The summed E-state index contributed by atoms with van der Waals surface area (Å²) in [5.74, 6) is 1.46. The van der Waals surface area contributed by atoms with Crippen molar-refractivity contribution in [2.24, 2.45) is 0 Å². The van der Waals surface area contributed by atoms with Gasteiger partial charge in [-0.3, -0.25) is 9.97 Å². The predicted molar refractivity (Wildman–Crippen MR) is 458 cm³/mol. The number of benzene rings is 14. The summed E-state index contributed by atoms with van der Waals surface area (Å²) in [7, 11) is -0.411. The highest BCUT2D eigenvalue weighted by molar-refractivity contribution is 9.10. The SMILES string of the molecule is Brc1c2ccccc2c(-c2cnc(-c3ccccc3)nc2)c2ccccc12.CC1(C)OB(c2ccc(-c3ccc4ccc5cccnc5c4n3)c3ccccc23)OC1(C)C.c1ccc(-c2ncc(-c3c4ccccc4c(-c4ccc(-c5ccc6ccc7cccnc7c6n5)c5ccccc45)c4ccccc34)cn2)cc1. The lowest BCUT2D eigenvalue weighted by atomic mass is 9.75. The fourth-order valence-corrected chi connectivity index (χ4v) is 16.4. The van der Waals surface area contributed by atoms with Crippen molar-refractivity contribution in [3.63, 3.8) is 0 Å². The molecule has 0 spiro atoms. The van der Waals surface area contributed by atoms with Crippen LogP contribution in [-0.2, 0) is 9.31 Å². The van der Waals surface area contributed by atoms with E-state index in [9.17, 15) is 0 Å². The van der Waals surface area contributed by atoms with E-state index in [-0.39, 0.29) is 11.2 Å². The van der Waals surface area contributed by atoms with Gasteiger partial charge in [-0.1, -0.05) is 279 Å². The van der Waals surface area contributed by atoms with E-state index < -0.39 is 7.12 Å². The zero-order valence-corrected chi connectivity index (χ0v) is 62.3. The lowest BCUT2D eigenvalue weighted by Crippen LogP contribution is -2.41. The molecule has 0 aliphatic carbocycles. The molecule has 21 rings (SSSR count). The van der Waals surface area contributed by atoms with Crippen molar-refractivity contribution in [2.75, 3.05) is 0 Å². The van der Waals surface area contributed by atoms with Crippen molar-refractivity contribution in [3.8, 4) is 78.7 Å². The summed E-state index contributed by atoms with van der Waals surface area (Å²) in [6.45, 7) is 8.34. The highest BCUT2D eigenvalue weighted by Gasteiger charge is 2.52. The zero-order chi connectivity index (χ0) is 74.0. The molecule has 10 nitrogen and oxygen atoms in total. The van der Waals surface area contributed by atoms with Crippen LogP contribution in [0.1, 0.15) is 27.7 Å². The Labute approximate surface area is 644 Å². The molecule has 7 heterocycles. The van der Waals surface area contributed by atoms with Crippen molar-refractivity contribution < 1.29 is 9.31 Å². The van der Waals surface area contributed by atoms with E-state index in [1.165, 1.54) is 65.2 Å². The lowest BCUT2D eigenvalue weighted by molar-refractivity contribution is 0.00578. The summed E-state index contributed by atoms with van der Waals surface area (Å²) in [5, 5.41) is 18.4. The minimum Gasteiger partial charge on any atom is -0.399 e. The highest BCUT2D eigenvalue weighted by Crippen LogP contribution is 2.48. The Kier molecular flexibility index (Phi) is 17.1. The fourth-order valence-electron chi connectivity index (χ4n) is 15.7. The van der Waals surface area contributed by atoms with Gasteiger partial charge in [0, 0.05) is 108 Å². The Morgan fingerprint density at radius 1 is 0.264 bits per heavy atom. The number of fused-ring (bicyclic) bond motifs is 12. The van der Waals surface area contributed by atoms with Gasteiger partial charge in [0.15, 0.2) is 11.6 Å². The van der Waals surface area contributed by atoms with Gasteiger partial charge in [-0.25, -0.2) is 29.9 Å². The molecule has 1 fully saturated rings. The molecule has 1 saturated heterocycles. The van der Waals surface area contributed by atoms with E-state index in [2.05, 4.69) is 289 Å². The summed E-state index contributed by atoms with van der Waals surface area (Å²) in [5.41, 5.74) is 16.8. The van der Waals surface area contributed by atoms with Crippen LogP contribution in [0.15, 0.2) is 345 Å². The maximum Gasteiger partial charge on any atom is 0.495 e. The topological polar surface area (TPSA) is 122 Å². The van der Waals surface area contributed by atoms with Crippen LogP contribution < -0.4 is 5.46 Å². The van der Waals surface area contributed by atoms with Crippen LogP contribution in [0, 0.1) is 0 Å². The maximum absolute atomic E-state index is 6.36. The van der Waals surface area contributed by atoms with Gasteiger partial charge < -0.3 is 9.31 Å². The number of hydrogen-bond acceptors (Lipinski definition) is 10. The standard InChI is InChI=1S/C46H28N4.C28H25BN2O2.C24H15BrN2/c1-2-11-31(12-3-1)46-48-27-32(28-49-46)42-36-16-6-8-18-38(36)43(39-19-9-7-17-37(39)42)40-24-23-35(33-14-4-5-15-34(33)40)41-25-22-30-21-20-29-13-10-26-47-44(29)45(30)50-41;1-27(2)28(3,4)33-29(32-27)23-15-14-22(20-9-5-6-10-21(20)23)24-16-13-19-12-11-18-8-7-17-30-25(18)26(19)31-24;25-23-20-12-6-4-10-18(20)22(19-11-5-7-13-21(19)23)17-14-26-24(27-15-17)16-8-2-1-3-9-16/h1-28H;5-17H,1-4H3;1-15H. The van der Waals surface area contributed by atoms with Gasteiger partial charge in [-0.05, 0) is 149 Å². The predicted octanol–water partition coefficient (Wildman–Crippen LogP) is 24.5. The second-order valence-electron chi connectivity index (χ2n) is 28.8. The Morgan fingerprint density at radius 3 is 1.01 bits per heavy atom. The largest absolute Gasteiger partial charge is 0.495 e. The lowest BCUT2D eigenvalue weighted by Gasteiger charge is -2.32. The van der Waals surface area contributed by atoms with Crippen molar-refractivity contribution in [1.82, 2.24) is 39.9 Å². The van der Waals surface area contributed by atoms with Gasteiger partial charge in [0.25, 0.3) is 0 Å². The van der Waals surface area contributed by atoms with E-state index in [1.54, 1.807) is 0 Å². The summed E-state index contributed by atoms with van der Waals surface area (Å²) in [6, 6.07) is 105. The molecule has 110 heavy (non-hydrogen) atoms. The van der Waals surface area contributed by atoms with Crippen LogP contribution in [0.5, 0.6) is 0 Å². The quantitative estimate of drug-likeness (QED) is 0.0826. The third-order valence-corrected chi connectivity index (χ3v) is 22.7. The molecule has 0 bridgehead atoms. The van der Waals surface area contributed by atoms with Crippen LogP contribution >= 0.6 is 15.9 Å². The molecule has 0 atom stereocenters. The molecule has 6 aromatic heterocycles.